The van der Waals surface area contributed by atoms with Gasteiger partial charge in [-0.2, -0.15) is 0 Å². The molecule has 7 nitrogen and oxygen atoms in total. The summed E-state index contributed by atoms with van der Waals surface area (Å²) in [5.74, 6) is 2.30. The second kappa shape index (κ2) is 8.29. The Hall–Kier alpha value is -2.44. The van der Waals surface area contributed by atoms with Gasteiger partial charge in [-0.15, -0.1) is 0 Å². The molecule has 3 amide bonds. The van der Waals surface area contributed by atoms with Crippen molar-refractivity contribution in [2.24, 2.45) is 11.8 Å². The fraction of sp³-hybridized carbons (Fsp3) is 0.619. The average molecular weight is 387 g/mol. The molecule has 1 aromatic carbocycles. The molecule has 7 heteroatoms. The number of nitrogens with one attached hydrogen (secondary N) is 1. The molecule has 0 aromatic heterocycles. The molecule has 28 heavy (non-hydrogen) atoms. The molecule has 0 saturated carbocycles. The first kappa shape index (κ1) is 18.9. The summed E-state index contributed by atoms with van der Waals surface area (Å²) in [6.45, 7) is 5.83. The Balaban J connectivity index is 1.29. The third-order valence-corrected chi connectivity index (χ3v) is 6.03. The summed E-state index contributed by atoms with van der Waals surface area (Å²) < 4.78 is 10.7. The van der Waals surface area contributed by atoms with Crippen LogP contribution in [0.2, 0.25) is 0 Å². The first-order valence-electron chi connectivity index (χ1n) is 10.3. The van der Waals surface area contributed by atoms with Crippen LogP contribution in [0.25, 0.3) is 0 Å². The predicted octanol–water partition coefficient (Wildman–Crippen LogP) is 2.60. The minimum absolute atomic E-state index is 0.0709. The molecule has 0 spiro atoms. The quantitative estimate of drug-likeness (QED) is 0.865. The van der Waals surface area contributed by atoms with Gasteiger partial charge in [0.15, 0.2) is 11.5 Å². The van der Waals surface area contributed by atoms with E-state index in [1.807, 2.05) is 23.1 Å². The fourth-order valence-electron chi connectivity index (χ4n) is 4.19. The van der Waals surface area contributed by atoms with Crippen molar-refractivity contribution in [1.29, 1.82) is 0 Å². The Morgan fingerprint density at radius 1 is 1.07 bits per heavy atom. The highest BCUT2D eigenvalue weighted by Crippen LogP contribution is 2.32. The number of rotatable bonds is 3. The summed E-state index contributed by atoms with van der Waals surface area (Å²) in [6, 6.07) is 5.57. The summed E-state index contributed by atoms with van der Waals surface area (Å²) in [4.78, 5) is 29.3. The largest absolute Gasteiger partial charge is 0.454 e. The lowest BCUT2D eigenvalue weighted by Crippen LogP contribution is -2.50. The fourth-order valence-corrected chi connectivity index (χ4v) is 4.19. The number of piperidine rings is 2. The van der Waals surface area contributed by atoms with Gasteiger partial charge in [-0.05, 0) is 49.3 Å². The number of carbonyl (C=O) groups excluding carboxylic acids is 2. The lowest BCUT2D eigenvalue weighted by Gasteiger charge is -2.37. The molecule has 1 atom stereocenters. The Bertz CT molecular complexity index is 730. The topological polar surface area (TPSA) is 71.1 Å². The van der Waals surface area contributed by atoms with Gasteiger partial charge in [0.25, 0.3) is 0 Å². The van der Waals surface area contributed by atoms with Gasteiger partial charge in [0.05, 0.1) is 5.92 Å². The van der Waals surface area contributed by atoms with Gasteiger partial charge in [0, 0.05) is 32.7 Å². The van der Waals surface area contributed by atoms with Gasteiger partial charge in [-0.25, -0.2) is 4.79 Å². The van der Waals surface area contributed by atoms with Crippen LogP contribution >= 0.6 is 0 Å². The lowest BCUT2D eigenvalue weighted by atomic mass is 9.93. The van der Waals surface area contributed by atoms with Gasteiger partial charge in [-0.3, -0.25) is 4.79 Å². The maximum Gasteiger partial charge on any atom is 0.317 e. The summed E-state index contributed by atoms with van der Waals surface area (Å²) in [7, 11) is 0. The highest BCUT2D eigenvalue weighted by Gasteiger charge is 2.32. The zero-order valence-electron chi connectivity index (χ0n) is 16.5. The highest BCUT2D eigenvalue weighted by molar-refractivity contribution is 5.81. The summed E-state index contributed by atoms with van der Waals surface area (Å²) in [5.41, 5.74) is 0.963. The summed E-state index contributed by atoms with van der Waals surface area (Å²) >= 11 is 0. The number of carbonyl (C=O) groups is 2. The van der Waals surface area contributed by atoms with Gasteiger partial charge in [0.1, 0.15) is 0 Å². The van der Waals surface area contributed by atoms with Gasteiger partial charge in [-0.1, -0.05) is 13.0 Å². The number of likely N-dealkylation sites (tertiary alicyclic amines) is 2. The van der Waals surface area contributed by atoms with E-state index in [0.717, 1.165) is 50.1 Å². The van der Waals surface area contributed by atoms with E-state index < -0.39 is 0 Å². The normalized spacial score (nSPS) is 22.2. The van der Waals surface area contributed by atoms with Crippen molar-refractivity contribution in [2.45, 2.75) is 39.2 Å². The monoisotopic (exact) mass is 387 g/mol. The van der Waals surface area contributed by atoms with E-state index in [0.29, 0.717) is 31.3 Å². The summed E-state index contributed by atoms with van der Waals surface area (Å²) in [5, 5.41) is 2.97. The number of amides is 3. The molecule has 2 saturated heterocycles. The predicted molar refractivity (Wildman–Crippen MR) is 104 cm³/mol. The number of fused-ring (bicyclic) bond motifs is 1. The maximum atomic E-state index is 12.9. The smallest absolute Gasteiger partial charge is 0.317 e. The van der Waals surface area contributed by atoms with Crippen molar-refractivity contribution in [3.05, 3.63) is 23.8 Å². The van der Waals surface area contributed by atoms with Crippen molar-refractivity contribution in [1.82, 2.24) is 15.1 Å². The van der Waals surface area contributed by atoms with Crippen LogP contribution in [0.3, 0.4) is 0 Å². The maximum absolute atomic E-state index is 12.9. The highest BCUT2D eigenvalue weighted by atomic mass is 16.7. The zero-order chi connectivity index (χ0) is 19.5. The van der Waals surface area contributed by atoms with E-state index in [-0.39, 0.29) is 24.6 Å². The SMILES string of the molecule is CC1CCN(C(=O)C2CCCN(C(=O)NCc3ccc4c(c3)OCO4)C2)CC1. The van der Waals surface area contributed by atoms with Crippen LogP contribution in [0, 0.1) is 11.8 Å². The molecule has 4 rings (SSSR count). The molecule has 1 unspecified atom stereocenters. The van der Waals surface area contributed by atoms with Crippen LogP contribution in [0.15, 0.2) is 18.2 Å². The van der Waals surface area contributed by atoms with Crippen LogP contribution in [0.4, 0.5) is 4.79 Å². The number of hydrogen-bond acceptors (Lipinski definition) is 4. The van der Waals surface area contributed by atoms with Crippen molar-refractivity contribution in [2.75, 3.05) is 33.0 Å². The molecule has 1 aromatic rings. The van der Waals surface area contributed by atoms with E-state index in [2.05, 4.69) is 12.2 Å². The first-order valence-corrected chi connectivity index (χ1v) is 10.3. The van der Waals surface area contributed by atoms with Crippen molar-refractivity contribution < 1.29 is 19.1 Å². The molecular formula is C21H29N3O4. The van der Waals surface area contributed by atoms with Crippen LogP contribution < -0.4 is 14.8 Å². The molecule has 152 valence electrons. The van der Waals surface area contributed by atoms with Crippen molar-refractivity contribution in [3.8, 4) is 11.5 Å². The molecule has 0 bridgehead atoms. The minimum Gasteiger partial charge on any atom is -0.454 e. The van der Waals surface area contributed by atoms with Gasteiger partial charge < -0.3 is 24.6 Å². The van der Waals surface area contributed by atoms with Crippen molar-refractivity contribution >= 4 is 11.9 Å². The Labute approximate surface area is 166 Å². The molecule has 0 aliphatic carbocycles. The van der Waals surface area contributed by atoms with Crippen LogP contribution in [0.1, 0.15) is 38.2 Å². The number of hydrogen-bond donors (Lipinski definition) is 1. The lowest BCUT2D eigenvalue weighted by molar-refractivity contribution is -0.138. The van der Waals surface area contributed by atoms with Crippen LogP contribution in [-0.4, -0.2) is 54.7 Å². The second-order valence-electron chi connectivity index (χ2n) is 8.14. The van der Waals surface area contributed by atoms with E-state index >= 15 is 0 Å². The van der Waals surface area contributed by atoms with E-state index in [4.69, 9.17) is 9.47 Å². The minimum atomic E-state index is -0.109. The Morgan fingerprint density at radius 2 is 1.86 bits per heavy atom. The van der Waals surface area contributed by atoms with Crippen LogP contribution in [0.5, 0.6) is 11.5 Å². The molecule has 3 heterocycles. The molecule has 3 aliphatic rings. The van der Waals surface area contributed by atoms with E-state index in [1.165, 1.54) is 0 Å². The third kappa shape index (κ3) is 4.18. The Morgan fingerprint density at radius 3 is 2.68 bits per heavy atom. The first-order chi connectivity index (χ1) is 13.6. The number of ether oxygens (including phenoxy) is 2. The molecule has 3 aliphatic heterocycles. The van der Waals surface area contributed by atoms with E-state index in [1.54, 1.807) is 4.90 Å². The molecule has 1 N–H and O–H groups in total. The van der Waals surface area contributed by atoms with Crippen LogP contribution in [-0.2, 0) is 11.3 Å². The Kier molecular flexibility index (Phi) is 5.59. The van der Waals surface area contributed by atoms with Gasteiger partial charge >= 0.3 is 6.03 Å². The standard InChI is InChI=1S/C21H29N3O4/c1-15-6-9-23(10-7-15)20(25)17-3-2-8-24(13-17)21(26)22-12-16-4-5-18-19(11-16)28-14-27-18/h4-5,11,15,17H,2-3,6-10,12-14H2,1H3,(H,22,26). The number of nitrogens with zero attached hydrogens (tertiary/aromatic N) is 2. The molecular weight excluding hydrogens is 358 g/mol. The van der Waals surface area contributed by atoms with Crippen molar-refractivity contribution in [3.63, 3.8) is 0 Å². The number of benzene rings is 1. The third-order valence-electron chi connectivity index (χ3n) is 6.03. The average Bonchev–Trinajstić information content (AvgIpc) is 3.20. The number of urea groups is 1. The van der Waals surface area contributed by atoms with E-state index in [9.17, 15) is 9.59 Å². The molecule has 2 fully saturated rings. The molecule has 0 radical (unpaired) electrons. The zero-order valence-corrected chi connectivity index (χ0v) is 16.5. The van der Waals surface area contributed by atoms with Gasteiger partial charge in [0.2, 0.25) is 12.7 Å². The second-order valence-corrected chi connectivity index (χ2v) is 8.14. The summed E-state index contributed by atoms with van der Waals surface area (Å²) in [6.07, 6.45) is 3.91.